The number of aromatic nitrogens is 1. The molecule has 0 radical (unpaired) electrons. The summed E-state index contributed by atoms with van der Waals surface area (Å²) >= 11 is 1.69. The zero-order valence-corrected chi connectivity index (χ0v) is 14.8. The number of thioether (sulfide) groups is 1. The summed E-state index contributed by atoms with van der Waals surface area (Å²) < 4.78 is 15.3. The fourth-order valence-corrected chi connectivity index (χ4v) is 3.33. The molecule has 1 aromatic heterocycles. The number of para-hydroxylation sites is 1. The topological polar surface area (TPSA) is 17.3 Å². The molecule has 0 bridgehead atoms. The number of rotatable bonds is 4. The van der Waals surface area contributed by atoms with Crippen molar-refractivity contribution in [2.45, 2.75) is 18.7 Å². The summed E-state index contributed by atoms with van der Waals surface area (Å²) in [5, 5.41) is 0. The summed E-state index contributed by atoms with van der Waals surface area (Å²) in [6.45, 7) is 4.10. The summed E-state index contributed by atoms with van der Waals surface area (Å²) in [6.07, 6.45) is 3.95. The van der Waals surface area contributed by atoms with Gasteiger partial charge in [-0.3, -0.25) is 4.99 Å². The maximum absolute atomic E-state index is 13.2. The number of halogens is 1. The molecular weight excluding hydrogens is 319 g/mol. The van der Waals surface area contributed by atoms with Crippen LogP contribution in [0, 0.1) is 19.7 Å². The van der Waals surface area contributed by atoms with Crippen LogP contribution in [-0.4, -0.2) is 17.0 Å². The highest BCUT2D eigenvalue weighted by atomic mass is 32.2. The number of benzene rings is 2. The van der Waals surface area contributed by atoms with Gasteiger partial charge in [-0.25, -0.2) is 4.39 Å². The quantitative estimate of drug-likeness (QED) is 0.440. The van der Waals surface area contributed by atoms with E-state index in [0.29, 0.717) is 0 Å². The van der Waals surface area contributed by atoms with Crippen molar-refractivity contribution in [1.82, 2.24) is 4.57 Å². The summed E-state index contributed by atoms with van der Waals surface area (Å²) in [6, 6.07) is 16.7. The van der Waals surface area contributed by atoms with Crippen molar-refractivity contribution in [1.29, 1.82) is 0 Å². The first-order valence-corrected chi connectivity index (χ1v) is 8.94. The van der Waals surface area contributed by atoms with Gasteiger partial charge in [-0.2, -0.15) is 0 Å². The summed E-state index contributed by atoms with van der Waals surface area (Å²) in [5.74, 6) is -0.225. The Labute approximate surface area is 146 Å². The van der Waals surface area contributed by atoms with Gasteiger partial charge in [0, 0.05) is 33.7 Å². The van der Waals surface area contributed by atoms with Gasteiger partial charge in [0.2, 0.25) is 0 Å². The lowest BCUT2D eigenvalue weighted by atomic mass is 10.2. The first-order chi connectivity index (χ1) is 11.6. The van der Waals surface area contributed by atoms with Crippen molar-refractivity contribution >= 4 is 23.7 Å². The molecule has 0 fully saturated rings. The van der Waals surface area contributed by atoms with Crippen LogP contribution < -0.4 is 0 Å². The Bertz CT molecular complexity index is 879. The van der Waals surface area contributed by atoms with Crippen molar-refractivity contribution in [3.8, 4) is 5.69 Å². The molecule has 122 valence electrons. The molecule has 0 spiro atoms. The molecule has 3 aromatic rings. The van der Waals surface area contributed by atoms with Gasteiger partial charge in [0.05, 0.1) is 5.69 Å². The zero-order valence-electron chi connectivity index (χ0n) is 14.0. The fraction of sp³-hybridized carbons (Fsp3) is 0.150. The van der Waals surface area contributed by atoms with Crippen LogP contribution in [0.5, 0.6) is 0 Å². The van der Waals surface area contributed by atoms with Gasteiger partial charge in [-0.05, 0) is 62.6 Å². The SMILES string of the molecule is CSc1ccccc1N=Cc1cc(C)n(-c2ccc(F)cc2)c1C. The highest BCUT2D eigenvalue weighted by Crippen LogP contribution is 2.27. The Morgan fingerprint density at radius 1 is 1.04 bits per heavy atom. The van der Waals surface area contributed by atoms with Crippen LogP contribution in [0.3, 0.4) is 0 Å². The van der Waals surface area contributed by atoms with E-state index in [1.807, 2.05) is 31.3 Å². The van der Waals surface area contributed by atoms with Crippen molar-refractivity contribution in [3.05, 3.63) is 77.4 Å². The lowest BCUT2D eigenvalue weighted by Crippen LogP contribution is -1.99. The van der Waals surface area contributed by atoms with Gasteiger partial charge in [0.15, 0.2) is 0 Å². The molecule has 0 aliphatic rings. The Hall–Kier alpha value is -2.33. The maximum atomic E-state index is 13.2. The Kier molecular flexibility index (Phi) is 4.86. The van der Waals surface area contributed by atoms with E-state index in [1.54, 1.807) is 23.9 Å². The molecule has 3 rings (SSSR count). The highest BCUT2D eigenvalue weighted by molar-refractivity contribution is 7.98. The van der Waals surface area contributed by atoms with Crippen LogP contribution in [0.1, 0.15) is 17.0 Å². The predicted octanol–water partition coefficient (Wildman–Crippen LogP) is 5.71. The summed E-state index contributed by atoms with van der Waals surface area (Å²) in [7, 11) is 0. The first-order valence-electron chi connectivity index (χ1n) is 7.72. The van der Waals surface area contributed by atoms with E-state index in [0.717, 1.165) is 33.2 Å². The standard InChI is InChI=1S/C20H19FN2S/c1-14-12-16(13-22-19-6-4-5-7-20(19)24-3)15(2)23(14)18-10-8-17(21)9-11-18/h4-13H,1-3H3. The van der Waals surface area contributed by atoms with Crippen LogP contribution in [0.25, 0.3) is 5.69 Å². The summed E-state index contributed by atoms with van der Waals surface area (Å²) in [5.41, 5.74) is 5.17. The second kappa shape index (κ2) is 7.05. The maximum Gasteiger partial charge on any atom is 0.123 e. The van der Waals surface area contributed by atoms with Crippen LogP contribution in [-0.2, 0) is 0 Å². The van der Waals surface area contributed by atoms with Crippen molar-refractivity contribution in [2.24, 2.45) is 4.99 Å². The fourth-order valence-electron chi connectivity index (χ4n) is 2.78. The first kappa shape index (κ1) is 16.5. The van der Waals surface area contributed by atoms with Gasteiger partial charge >= 0.3 is 0 Å². The minimum absolute atomic E-state index is 0.225. The van der Waals surface area contributed by atoms with E-state index in [4.69, 9.17) is 0 Å². The van der Waals surface area contributed by atoms with Gasteiger partial charge in [-0.1, -0.05) is 12.1 Å². The van der Waals surface area contributed by atoms with Gasteiger partial charge in [-0.15, -0.1) is 11.8 Å². The number of nitrogens with zero attached hydrogens (tertiary/aromatic N) is 2. The molecule has 0 aliphatic carbocycles. The molecule has 0 unspecified atom stereocenters. The Balaban J connectivity index is 1.97. The highest BCUT2D eigenvalue weighted by Gasteiger charge is 2.09. The van der Waals surface area contributed by atoms with Gasteiger partial charge in [0.25, 0.3) is 0 Å². The van der Waals surface area contributed by atoms with Crippen molar-refractivity contribution in [2.75, 3.05) is 6.26 Å². The van der Waals surface area contributed by atoms with E-state index < -0.39 is 0 Å². The minimum atomic E-state index is -0.225. The number of hydrogen-bond donors (Lipinski definition) is 0. The van der Waals surface area contributed by atoms with Crippen molar-refractivity contribution < 1.29 is 4.39 Å². The molecule has 0 atom stereocenters. The normalized spacial score (nSPS) is 11.3. The molecule has 0 saturated heterocycles. The van der Waals surface area contributed by atoms with Gasteiger partial charge in [0.1, 0.15) is 5.82 Å². The van der Waals surface area contributed by atoms with Crippen LogP contribution in [0.4, 0.5) is 10.1 Å². The number of aryl methyl sites for hydroxylation is 1. The number of aliphatic imine (C=N–C) groups is 1. The van der Waals surface area contributed by atoms with E-state index in [2.05, 4.69) is 34.9 Å². The molecule has 4 heteroatoms. The number of hydrogen-bond acceptors (Lipinski definition) is 2. The van der Waals surface area contributed by atoms with Crippen LogP contribution in [0.15, 0.2) is 64.5 Å². The molecule has 2 nitrogen and oxygen atoms in total. The van der Waals surface area contributed by atoms with E-state index in [-0.39, 0.29) is 5.82 Å². The monoisotopic (exact) mass is 338 g/mol. The molecule has 0 saturated carbocycles. The average Bonchev–Trinajstić information content (AvgIpc) is 2.88. The largest absolute Gasteiger partial charge is 0.318 e. The van der Waals surface area contributed by atoms with Crippen LogP contribution >= 0.6 is 11.8 Å². The van der Waals surface area contributed by atoms with Crippen LogP contribution in [0.2, 0.25) is 0 Å². The molecule has 1 heterocycles. The lowest BCUT2D eigenvalue weighted by Gasteiger charge is -2.09. The molecule has 0 N–H and O–H groups in total. The third-order valence-electron chi connectivity index (χ3n) is 3.98. The third kappa shape index (κ3) is 3.29. The second-order valence-electron chi connectivity index (χ2n) is 5.57. The zero-order chi connectivity index (χ0) is 17.1. The predicted molar refractivity (Wildman–Crippen MR) is 101 cm³/mol. The third-order valence-corrected chi connectivity index (χ3v) is 4.77. The summed E-state index contributed by atoms with van der Waals surface area (Å²) in [4.78, 5) is 5.80. The average molecular weight is 338 g/mol. The molecule has 24 heavy (non-hydrogen) atoms. The van der Waals surface area contributed by atoms with Crippen molar-refractivity contribution in [3.63, 3.8) is 0 Å². The molecule has 0 aliphatic heterocycles. The molecule has 0 amide bonds. The lowest BCUT2D eigenvalue weighted by molar-refractivity contribution is 0.627. The Morgan fingerprint density at radius 3 is 2.46 bits per heavy atom. The molecule has 2 aromatic carbocycles. The molecular formula is C20H19FN2S. The van der Waals surface area contributed by atoms with E-state index in [1.165, 1.54) is 12.1 Å². The Morgan fingerprint density at radius 2 is 1.75 bits per heavy atom. The second-order valence-corrected chi connectivity index (χ2v) is 6.42. The van der Waals surface area contributed by atoms with E-state index in [9.17, 15) is 4.39 Å². The smallest absolute Gasteiger partial charge is 0.123 e. The van der Waals surface area contributed by atoms with Gasteiger partial charge < -0.3 is 4.57 Å². The van der Waals surface area contributed by atoms with E-state index >= 15 is 0 Å². The minimum Gasteiger partial charge on any atom is -0.318 e.